The number of alkyl halides is 3. The molecule has 0 spiro atoms. The monoisotopic (exact) mass is 494 g/mol. The van der Waals surface area contributed by atoms with Crippen LogP contribution in [0.15, 0.2) is 67.0 Å². The molecule has 2 heterocycles. The van der Waals surface area contributed by atoms with Crippen LogP contribution < -0.4 is 4.90 Å². The number of rotatable bonds is 5. The maximum atomic E-state index is 13.4. The Hall–Kier alpha value is -4.47. The van der Waals surface area contributed by atoms with Gasteiger partial charge in [-0.15, -0.1) is 0 Å². The van der Waals surface area contributed by atoms with Crippen LogP contribution in [-0.4, -0.2) is 31.1 Å². The minimum Gasteiger partial charge on any atom is -0.508 e. The minimum atomic E-state index is -4.69. The summed E-state index contributed by atoms with van der Waals surface area (Å²) >= 11 is 0. The smallest absolute Gasteiger partial charge is 0.451 e. The number of aromatic nitrogens is 3. The number of carbonyl (C=O) groups is 1. The van der Waals surface area contributed by atoms with Crippen LogP contribution in [0.1, 0.15) is 33.0 Å². The quantitative estimate of drug-likeness (QED) is 0.384. The summed E-state index contributed by atoms with van der Waals surface area (Å²) in [5.41, 5.74) is 2.40. The van der Waals surface area contributed by atoms with E-state index >= 15 is 0 Å². The van der Waals surface area contributed by atoms with Gasteiger partial charge < -0.3 is 15.1 Å². The van der Waals surface area contributed by atoms with Crippen LogP contribution in [0.25, 0.3) is 11.3 Å². The van der Waals surface area contributed by atoms with E-state index in [9.17, 15) is 28.2 Å². The lowest BCUT2D eigenvalue weighted by molar-refractivity contribution is -0.145. The van der Waals surface area contributed by atoms with Crippen molar-refractivity contribution in [2.24, 2.45) is 0 Å². The van der Waals surface area contributed by atoms with E-state index in [1.807, 2.05) is 0 Å². The Kier molecular flexibility index (Phi) is 6.61. The van der Waals surface area contributed by atoms with Gasteiger partial charge in [-0.1, -0.05) is 18.2 Å². The van der Waals surface area contributed by atoms with Crippen molar-refractivity contribution in [2.45, 2.75) is 26.6 Å². The van der Waals surface area contributed by atoms with Crippen molar-refractivity contribution < 1.29 is 28.2 Å². The molecule has 0 saturated carbocycles. The fraction of sp³-hybridized carbons (Fsp3) is 0.154. The minimum absolute atomic E-state index is 0.0298. The Balaban J connectivity index is 1.75. The number of aryl methyl sites for hydroxylation is 1. The van der Waals surface area contributed by atoms with E-state index in [-0.39, 0.29) is 35.0 Å². The molecule has 10 heteroatoms. The van der Waals surface area contributed by atoms with E-state index < -0.39 is 17.9 Å². The third-order valence-electron chi connectivity index (χ3n) is 5.62. The highest BCUT2D eigenvalue weighted by molar-refractivity contribution is 6.08. The summed E-state index contributed by atoms with van der Waals surface area (Å²) in [6, 6.07) is 13.5. The second-order valence-electron chi connectivity index (χ2n) is 8.10. The van der Waals surface area contributed by atoms with E-state index in [2.05, 4.69) is 15.0 Å². The molecule has 0 aliphatic rings. The number of amides is 1. The molecule has 0 aliphatic heterocycles. The Labute approximate surface area is 204 Å². The maximum absolute atomic E-state index is 13.4. The predicted molar refractivity (Wildman–Crippen MR) is 126 cm³/mol. The summed E-state index contributed by atoms with van der Waals surface area (Å²) in [7, 11) is 0. The predicted octanol–water partition coefficient (Wildman–Crippen LogP) is 5.43. The average Bonchev–Trinajstić information content (AvgIpc) is 2.84. The number of carbonyl (C=O) groups excluding carboxylic acids is 1. The summed E-state index contributed by atoms with van der Waals surface area (Å²) in [6.45, 7) is 3.24. The van der Waals surface area contributed by atoms with Crippen molar-refractivity contribution in [3.63, 3.8) is 0 Å². The van der Waals surface area contributed by atoms with Gasteiger partial charge in [0.2, 0.25) is 5.82 Å². The van der Waals surface area contributed by atoms with Crippen LogP contribution >= 0.6 is 0 Å². The van der Waals surface area contributed by atoms with Gasteiger partial charge in [0.25, 0.3) is 5.91 Å². The van der Waals surface area contributed by atoms with Crippen molar-refractivity contribution in [1.82, 2.24) is 15.0 Å². The van der Waals surface area contributed by atoms with Gasteiger partial charge in [0.1, 0.15) is 11.5 Å². The van der Waals surface area contributed by atoms with Crippen molar-refractivity contribution in [3.05, 3.63) is 95.2 Å². The van der Waals surface area contributed by atoms with Crippen LogP contribution in [0, 0.1) is 13.8 Å². The topological polar surface area (TPSA) is 99.4 Å². The van der Waals surface area contributed by atoms with Crippen LogP contribution in [0.5, 0.6) is 11.5 Å². The van der Waals surface area contributed by atoms with E-state index in [1.165, 1.54) is 24.0 Å². The molecule has 0 fully saturated rings. The molecule has 2 aromatic heterocycles. The molecule has 2 N–H and O–H groups in total. The molecule has 0 atom stereocenters. The lowest BCUT2D eigenvalue weighted by Gasteiger charge is -2.24. The van der Waals surface area contributed by atoms with Gasteiger partial charge in [-0.3, -0.25) is 9.78 Å². The van der Waals surface area contributed by atoms with Crippen molar-refractivity contribution in [3.8, 4) is 22.8 Å². The van der Waals surface area contributed by atoms with Gasteiger partial charge in [-0.25, -0.2) is 9.97 Å². The molecule has 0 radical (unpaired) electrons. The van der Waals surface area contributed by atoms with Crippen LogP contribution in [0.2, 0.25) is 0 Å². The lowest BCUT2D eigenvalue weighted by atomic mass is 10.0. The molecule has 0 saturated heterocycles. The largest absolute Gasteiger partial charge is 0.508 e. The Bertz CT molecular complexity index is 1410. The number of hydrogen-bond acceptors (Lipinski definition) is 6. The number of benzene rings is 2. The highest BCUT2D eigenvalue weighted by Crippen LogP contribution is 2.32. The molecular formula is C26H21F3N4O3. The number of phenolic OH excluding ortho intramolecular Hbond substituents is 2. The average molecular weight is 494 g/mol. The molecule has 0 bridgehead atoms. The number of anilines is 1. The molecule has 184 valence electrons. The molecule has 36 heavy (non-hydrogen) atoms. The lowest BCUT2D eigenvalue weighted by Crippen LogP contribution is -2.30. The third-order valence-corrected chi connectivity index (χ3v) is 5.62. The van der Waals surface area contributed by atoms with E-state index in [1.54, 1.807) is 55.7 Å². The van der Waals surface area contributed by atoms with Gasteiger partial charge in [0.05, 0.1) is 17.8 Å². The fourth-order valence-electron chi connectivity index (χ4n) is 3.64. The van der Waals surface area contributed by atoms with Gasteiger partial charge in [0, 0.05) is 35.4 Å². The maximum Gasteiger partial charge on any atom is 0.451 e. The normalized spacial score (nSPS) is 11.4. The molecular weight excluding hydrogens is 473 g/mol. The van der Waals surface area contributed by atoms with Gasteiger partial charge in [0.15, 0.2) is 0 Å². The van der Waals surface area contributed by atoms with Gasteiger partial charge in [-0.2, -0.15) is 13.2 Å². The van der Waals surface area contributed by atoms with E-state index in [0.29, 0.717) is 22.4 Å². The third kappa shape index (κ3) is 5.12. The molecule has 4 rings (SSSR count). The zero-order valence-electron chi connectivity index (χ0n) is 19.3. The number of pyridine rings is 1. The van der Waals surface area contributed by atoms with Crippen LogP contribution in [0.3, 0.4) is 0 Å². The van der Waals surface area contributed by atoms with Crippen molar-refractivity contribution in [2.75, 3.05) is 4.90 Å². The summed E-state index contributed by atoms with van der Waals surface area (Å²) in [5.74, 6) is -2.35. The number of aromatic hydroxyl groups is 2. The molecule has 7 nitrogen and oxygen atoms in total. The first-order chi connectivity index (χ1) is 17.0. The Morgan fingerprint density at radius 3 is 2.33 bits per heavy atom. The summed E-state index contributed by atoms with van der Waals surface area (Å²) in [6.07, 6.45) is -1.50. The number of nitrogens with zero attached hydrogens (tertiary/aromatic N) is 4. The first-order valence-corrected chi connectivity index (χ1v) is 10.8. The van der Waals surface area contributed by atoms with Crippen molar-refractivity contribution >= 4 is 11.6 Å². The zero-order chi connectivity index (χ0) is 26.0. The molecule has 4 aromatic rings. The van der Waals surface area contributed by atoms with E-state index in [0.717, 1.165) is 6.07 Å². The molecule has 0 aliphatic carbocycles. The Morgan fingerprint density at radius 1 is 1.00 bits per heavy atom. The molecule has 2 aromatic carbocycles. The van der Waals surface area contributed by atoms with Gasteiger partial charge in [-0.05, 0) is 55.3 Å². The summed E-state index contributed by atoms with van der Waals surface area (Å²) < 4.78 is 39.8. The van der Waals surface area contributed by atoms with E-state index in [4.69, 9.17) is 0 Å². The summed E-state index contributed by atoms with van der Waals surface area (Å²) in [5, 5.41) is 19.8. The molecule has 1 amide bonds. The number of hydrogen-bond donors (Lipinski definition) is 2. The number of halogens is 3. The zero-order valence-corrected chi connectivity index (χ0v) is 19.3. The second-order valence-corrected chi connectivity index (χ2v) is 8.10. The van der Waals surface area contributed by atoms with Crippen molar-refractivity contribution in [1.29, 1.82) is 0 Å². The first kappa shape index (κ1) is 24.6. The second kappa shape index (κ2) is 9.65. The van der Waals surface area contributed by atoms with Crippen LogP contribution in [0.4, 0.5) is 18.9 Å². The van der Waals surface area contributed by atoms with Gasteiger partial charge >= 0.3 is 6.18 Å². The summed E-state index contributed by atoms with van der Waals surface area (Å²) in [4.78, 5) is 26.2. The molecule has 0 unspecified atom stereocenters. The fourth-order valence-corrected chi connectivity index (χ4v) is 3.64. The standard InChI is InChI=1S/C26H21F3N4O3/c1-15-16(2)31-25(26(27,28)29)32-23(15)18-5-7-19(8-6-18)33(14-17-4-3-11-30-13-17)24(36)21-10-9-20(34)12-22(21)35/h3-13,34-35H,14H2,1-2H3. The Morgan fingerprint density at radius 2 is 1.72 bits per heavy atom. The van der Waals surface area contributed by atoms with Crippen LogP contribution in [-0.2, 0) is 12.7 Å². The number of phenols is 2. The highest BCUT2D eigenvalue weighted by Gasteiger charge is 2.35. The SMILES string of the molecule is Cc1nc(C(F)(F)F)nc(-c2ccc(N(Cc3cccnc3)C(=O)c3ccc(O)cc3O)cc2)c1C. The first-order valence-electron chi connectivity index (χ1n) is 10.8. The highest BCUT2D eigenvalue weighted by atomic mass is 19.4.